The van der Waals surface area contributed by atoms with Crippen LogP contribution in [0.25, 0.3) is 0 Å². The summed E-state index contributed by atoms with van der Waals surface area (Å²) in [6, 6.07) is 5.74. The molecule has 0 aliphatic carbocycles. The molecule has 1 heterocycles. The Balaban J connectivity index is 2.10. The number of carbonyl (C=O) groups excluding carboxylic acids is 1. The second kappa shape index (κ2) is 5.60. The van der Waals surface area contributed by atoms with Crippen LogP contribution in [0.2, 0.25) is 0 Å². The van der Waals surface area contributed by atoms with E-state index in [1.54, 1.807) is 24.3 Å². The summed E-state index contributed by atoms with van der Waals surface area (Å²) in [7, 11) is 0. The van der Waals surface area contributed by atoms with Crippen LogP contribution in [0.5, 0.6) is 0 Å². The number of likely N-dealkylation sites (tertiary alicyclic amines) is 1. The van der Waals surface area contributed by atoms with Gasteiger partial charge in [0.2, 0.25) is 0 Å². The number of carboxylic acid groups (broad SMARTS) is 1. The van der Waals surface area contributed by atoms with Crippen molar-refractivity contribution in [2.45, 2.75) is 25.3 Å². The number of para-hydroxylation sites is 2. The number of piperidine rings is 1. The molecule has 1 aliphatic heterocycles. The molecule has 1 aliphatic rings. The third-order valence-corrected chi connectivity index (χ3v) is 3.25. The number of anilines is 2. The Morgan fingerprint density at radius 3 is 2.74 bits per heavy atom. The third-order valence-electron chi connectivity index (χ3n) is 3.25. The van der Waals surface area contributed by atoms with Crippen molar-refractivity contribution < 1.29 is 14.7 Å². The van der Waals surface area contributed by atoms with Crippen LogP contribution in [0.1, 0.15) is 19.3 Å². The minimum atomic E-state index is -0.962. The van der Waals surface area contributed by atoms with Crippen molar-refractivity contribution in [2.75, 3.05) is 17.6 Å². The molecule has 0 aromatic heterocycles. The van der Waals surface area contributed by atoms with Crippen LogP contribution in [-0.2, 0) is 4.79 Å². The second-order valence-electron chi connectivity index (χ2n) is 4.56. The van der Waals surface area contributed by atoms with Crippen molar-refractivity contribution in [3.05, 3.63) is 24.3 Å². The summed E-state index contributed by atoms with van der Waals surface area (Å²) in [6.07, 6.45) is 2.14. The van der Waals surface area contributed by atoms with Crippen LogP contribution in [0.3, 0.4) is 0 Å². The highest BCUT2D eigenvalue weighted by atomic mass is 16.4. The van der Waals surface area contributed by atoms with Crippen molar-refractivity contribution in [3.63, 3.8) is 0 Å². The molecule has 0 spiro atoms. The average Bonchev–Trinajstić information content (AvgIpc) is 2.41. The van der Waals surface area contributed by atoms with Gasteiger partial charge in [-0.25, -0.2) is 9.59 Å². The Hall–Kier alpha value is -2.24. The number of hydrogen-bond acceptors (Lipinski definition) is 3. The van der Waals surface area contributed by atoms with Crippen molar-refractivity contribution in [1.29, 1.82) is 0 Å². The van der Waals surface area contributed by atoms with Crippen molar-refractivity contribution in [2.24, 2.45) is 0 Å². The van der Waals surface area contributed by atoms with E-state index in [-0.39, 0.29) is 0 Å². The summed E-state index contributed by atoms with van der Waals surface area (Å²) in [5.74, 6) is -0.962. The van der Waals surface area contributed by atoms with E-state index < -0.39 is 18.0 Å². The predicted molar refractivity (Wildman–Crippen MR) is 71.9 cm³/mol. The summed E-state index contributed by atoms with van der Waals surface area (Å²) in [5.41, 5.74) is 6.70. The van der Waals surface area contributed by atoms with Gasteiger partial charge >= 0.3 is 12.0 Å². The van der Waals surface area contributed by atoms with Crippen LogP contribution in [0.4, 0.5) is 16.2 Å². The zero-order valence-corrected chi connectivity index (χ0v) is 10.5. The van der Waals surface area contributed by atoms with Gasteiger partial charge in [-0.3, -0.25) is 0 Å². The van der Waals surface area contributed by atoms with E-state index in [0.29, 0.717) is 24.3 Å². The Labute approximate surface area is 111 Å². The van der Waals surface area contributed by atoms with E-state index in [4.69, 9.17) is 10.8 Å². The third kappa shape index (κ3) is 2.96. The monoisotopic (exact) mass is 263 g/mol. The van der Waals surface area contributed by atoms with E-state index in [2.05, 4.69) is 5.32 Å². The lowest BCUT2D eigenvalue weighted by Gasteiger charge is -2.32. The van der Waals surface area contributed by atoms with E-state index in [0.717, 1.165) is 12.8 Å². The fraction of sp³-hybridized carbons (Fsp3) is 0.385. The number of carboxylic acids is 1. The van der Waals surface area contributed by atoms with Crippen molar-refractivity contribution in [1.82, 2.24) is 4.90 Å². The van der Waals surface area contributed by atoms with Gasteiger partial charge in [0.05, 0.1) is 11.4 Å². The lowest BCUT2D eigenvalue weighted by atomic mass is 10.0. The van der Waals surface area contributed by atoms with Crippen LogP contribution < -0.4 is 11.1 Å². The first kappa shape index (κ1) is 13.2. The molecular weight excluding hydrogens is 246 g/mol. The summed E-state index contributed by atoms with van der Waals surface area (Å²) < 4.78 is 0. The largest absolute Gasteiger partial charge is 0.480 e. The molecule has 1 aromatic rings. The molecule has 1 saturated heterocycles. The summed E-state index contributed by atoms with van der Waals surface area (Å²) in [4.78, 5) is 24.6. The van der Waals surface area contributed by atoms with Gasteiger partial charge in [0.15, 0.2) is 0 Å². The minimum Gasteiger partial charge on any atom is -0.480 e. The predicted octanol–water partition coefficient (Wildman–Crippen LogP) is 1.74. The molecule has 1 atom stereocenters. The molecule has 0 radical (unpaired) electrons. The molecule has 1 fully saturated rings. The fourth-order valence-corrected chi connectivity index (χ4v) is 2.23. The van der Waals surface area contributed by atoms with Crippen molar-refractivity contribution >= 4 is 23.4 Å². The Bertz CT molecular complexity index is 490. The van der Waals surface area contributed by atoms with E-state index in [9.17, 15) is 9.59 Å². The Morgan fingerprint density at radius 2 is 2.05 bits per heavy atom. The number of carbonyl (C=O) groups is 2. The normalized spacial score (nSPS) is 18.9. The number of nitrogens with two attached hydrogens (primary N) is 1. The second-order valence-corrected chi connectivity index (χ2v) is 4.56. The Morgan fingerprint density at radius 1 is 1.32 bits per heavy atom. The zero-order valence-electron chi connectivity index (χ0n) is 10.5. The van der Waals surface area contributed by atoms with E-state index in [1.807, 2.05) is 0 Å². The first-order valence-electron chi connectivity index (χ1n) is 6.24. The topological polar surface area (TPSA) is 95.7 Å². The van der Waals surface area contributed by atoms with Gasteiger partial charge in [0, 0.05) is 6.54 Å². The molecule has 2 amide bonds. The Kier molecular flexibility index (Phi) is 3.89. The highest BCUT2D eigenvalue weighted by Crippen LogP contribution is 2.21. The van der Waals surface area contributed by atoms with Gasteiger partial charge in [-0.15, -0.1) is 0 Å². The number of nitrogen functional groups attached to an aromatic ring is 1. The molecule has 6 heteroatoms. The van der Waals surface area contributed by atoms with Gasteiger partial charge in [-0.2, -0.15) is 0 Å². The first-order chi connectivity index (χ1) is 9.09. The summed E-state index contributed by atoms with van der Waals surface area (Å²) in [5, 5.41) is 11.8. The molecule has 0 saturated carbocycles. The maximum Gasteiger partial charge on any atom is 0.326 e. The number of benzene rings is 1. The number of nitrogens with one attached hydrogen (secondary N) is 1. The van der Waals surface area contributed by atoms with Crippen LogP contribution in [-0.4, -0.2) is 34.6 Å². The van der Waals surface area contributed by atoms with Gasteiger partial charge in [0.1, 0.15) is 6.04 Å². The SMILES string of the molecule is Nc1ccccc1NC(=O)N1CCCCC1C(=O)O. The lowest BCUT2D eigenvalue weighted by molar-refractivity contribution is -0.143. The molecular formula is C13H17N3O3. The van der Waals surface area contributed by atoms with Gasteiger partial charge in [-0.1, -0.05) is 12.1 Å². The number of urea groups is 1. The van der Waals surface area contributed by atoms with Crippen LogP contribution in [0.15, 0.2) is 24.3 Å². The van der Waals surface area contributed by atoms with Gasteiger partial charge in [-0.05, 0) is 31.4 Å². The highest BCUT2D eigenvalue weighted by molar-refractivity contribution is 5.94. The number of hydrogen-bond donors (Lipinski definition) is 3. The maximum absolute atomic E-state index is 12.1. The number of nitrogens with zero attached hydrogens (tertiary/aromatic N) is 1. The van der Waals surface area contributed by atoms with Crippen molar-refractivity contribution in [3.8, 4) is 0 Å². The molecule has 0 bridgehead atoms. The van der Waals surface area contributed by atoms with Crippen LogP contribution in [0, 0.1) is 0 Å². The molecule has 4 N–H and O–H groups in total. The smallest absolute Gasteiger partial charge is 0.326 e. The van der Waals surface area contributed by atoms with Gasteiger partial charge < -0.3 is 21.1 Å². The quantitative estimate of drug-likeness (QED) is 0.708. The number of aliphatic carboxylic acids is 1. The van der Waals surface area contributed by atoms with E-state index >= 15 is 0 Å². The molecule has 102 valence electrons. The number of rotatable bonds is 2. The van der Waals surface area contributed by atoms with E-state index in [1.165, 1.54) is 4.90 Å². The first-order valence-corrected chi connectivity index (χ1v) is 6.24. The molecule has 1 unspecified atom stereocenters. The highest BCUT2D eigenvalue weighted by Gasteiger charge is 2.32. The lowest BCUT2D eigenvalue weighted by Crippen LogP contribution is -2.49. The standard InChI is InChI=1S/C13H17N3O3/c14-9-5-1-2-6-10(9)15-13(19)16-8-4-3-7-11(16)12(17)18/h1-2,5-6,11H,3-4,7-8,14H2,(H,15,19)(H,17,18). The molecule has 6 nitrogen and oxygen atoms in total. The molecule has 19 heavy (non-hydrogen) atoms. The maximum atomic E-state index is 12.1. The minimum absolute atomic E-state index is 0.412. The number of amides is 2. The van der Waals surface area contributed by atoms with Gasteiger partial charge in [0.25, 0.3) is 0 Å². The van der Waals surface area contributed by atoms with Crippen LogP contribution >= 0.6 is 0 Å². The zero-order chi connectivity index (χ0) is 13.8. The summed E-state index contributed by atoms with van der Waals surface area (Å²) >= 11 is 0. The fourth-order valence-electron chi connectivity index (χ4n) is 2.23. The average molecular weight is 263 g/mol. The summed E-state index contributed by atoms with van der Waals surface area (Å²) in [6.45, 7) is 0.454. The molecule has 1 aromatic carbocycles. The molecule has 2 rings (SSSR count).